The molecule has 1 heteroatoms. The van der Waals surface area contributed by atoms with E-state index in [1.807, 2.05) is 12.2 Å². The molecule has 0 aromatic heterocycles. The molecular formula is C13H20O. The molecule has 1 nitrogen and oxygen atoms in total. The van der Waals surface area contributed by atoms with Crippen LogP contribution in [0.4, 0.5) is 0 Å². The molecule has 0 aliphatic carbocycles. The zero-order valence-electron chi connectivity index (χ0n) is 9.47. The Balaban J connectivity index is 3.78. The van der Waals surface area contributed by atoms with Crippen LogP contribution >= 0.6 is 0 Å². The minimum Gasteiger partial charge on any atom is -0.295 e. The average molecular weight is 192 g/mol. The lowest BCUT2D eigenvalue weighted by Crippen LogP contribution is -1.81. The van der Waals surface area contributed by atoms with Gasteiger partial charge in [-0.2, -0.15) is 0 Å². The summed E-state index contributed by atoms with van der Waals surface area (Å²) in [7, 11) is 0. The fourth-order valence-electron chi connectivity index (χ4n) is 1.10. The van der Waals surface area contributed by atoms with Crippen LogP contribution in [0.25, 0.3) is 0 Å². The van der Waals surface area contributed by atoms with Crippen LogP contribution in [-0.2, 0) is 4.79 Å². The van der Waals surface area contributed by atoms with Crippen LogP contribution in [0, 0.1) is 0 Å². The maximum absolute atomic E-state index is 10.6. The maximum Gasteiger partial charge on any atom is 0.152 e. The molecule has 0 aromatic rings. The highest BCUT2D eigenvalue weighted by atomic mass is 16.1. The molecule has 0 fully saturated rings. The first-order chi connectivity index (χ1) is 6.52. The molecule has 14 heavy (non-hydrogen) atoms. The van der Waals surface area contributed by atoms with Crippen LogP contribution in [0.1, 0.15) is 40.0 Å². The summed E-state index contributed by atoms with van der Waals surface area (Å²) in [6.45, 7) is 9.55. The minimum atomic E-state index is 0.0935. The predicted molar refractivity (Wildman–Crippen MR) is 62.2 cm³/mol. The second-order valence-electron chi connectivity index (χ2n) is 3.79. The molecular weight excluding hydrogens is 172 g/mol. The summed E-state index contributed by atoms with van der Waals surface area (Å²) in [5, 5.41) is 0. The van der Waals surface area contributed by atoms with E-state index in [4.69, 9.17) is 0 Å². The van der Waals surface area contributed by atoms with Gasteiger partial charge < -0.3 is 0 Å². The van der Waals surface area contributed by atoms with Crippen molar-refractivity contribution in [1.29, 1.82) is 0 Å². The van der Waals surface area contributed by atoms with E-state index >= 15 is 0 Å². The van der Waals surface area contributed by atoms with Crippen molar-refractivity contribution in [2.75, 3.05) is 0 Å². The molecule has 0 amide bonds. The van der Waals surface area contributed by atoms with Gasteiger partial charge in [0.1, 0.15) is 0 Å². The summed E-state index contributed by atoms with van der Waals surface area (Å²) in [6.07, 6.45) is 8.71. The van der Waals surface area contributed by atoms with E-state index in [9.17, 15) is 4.79 Å². The molecule has 0 radical (unpaired) electrons. The average Bonchev–Trinajstić information content (AvgIpc) is 2.02. The second kappa shape index (κ2) is 7.31. The fourth-order valence-corrected chi connectivity index (χ4v) is 1.10. The molecule has 0 heterocycles. The minimum absolute atomic E-state index is 0.0935. The lowest BCUT2D eigenvalue weighted by molar-refractivity contribution is -0.112. The van der Waals surface area contributed by atoms with E-state index in [1.165, 1.54) is 11.1 Å². The molecule has 0 N–H and O–H groups in total. The molecule has 0 bridgehead atoms. The van der Waals surface area contributed by atoms with Gasteiger partial charge in [0.15, 0.2) is 5.78 Å². The topological polar surface area (TPSA) is 17.1 Å². The highest BCUT2D eigenvalue weighted by Gasteiger charge is 1.90. The van der Waals surface area contributed by atoms with Crippen molar-refractivity contribution in [2.45, 2.75) is 40.0 Å². The highest BCUT2D eigenvalue weighted by molar-refractivity contribution is 5.87. The van der Waals surface area contributed by atoms with E-state index in [0.29, 0.717) is 0 Å². The van der Waals surface area contributed by atoms with E-state index in [1.54, 1.807) is 13.0 Å². The van der Waals surface area contributed by atoms with Gasteiger partial charge in [0.25, 0.3) is 0 Å². The lowest BCUT2D eigenvalue weighted by Gasteiger charge is -1.99. The molecule has 0 aliphatic rings. The fraction of sp³-hybridized carbons (Fsp3) is 0.462. The largest absolute Gasteiger partial charge is 0.295 e. The number of carbonyl (C=O) groups is 1. The zero-order chi connectivity index (χ0) is 11.0. The Morgan fingerprint density at radius 1 is 1.21 bits per heavy atom. The Morgan fingerprint density at radius 3 is 2.36 bits per heavy atom. The van der Waals surface area contributed by atoms with Crippen molar-refractivity contribution in [1.82, 2.24) is 0 Å². The Morgan fingerprint density at radius 2 is 1.86 bits per heavy atom. The lowest BCUT2D eigenvalue weighted by atomic mass is 10.1. The number of hydrogen-bond donors (Lipinski definition) is 0. The second-order valence-corrected chi connectivity index (χ2v) is 3.79. The smallest absolute Gasteiger partial charge is 0.152 e. The quantitative estimate of drug-likeness (QED) is 0.355. The van der Waals surface area contributed by atoms with Crippen molar-refractivity contribution in [2.24, 2.45) is 0 Å². The summed E-state index contributed by atoms with van der Waals surface area (Å²) < 4.78 is 0. The van der Waals surface area contributed by atoms with Gasteiger partial charge in [0.2, 0.25) is 0 Å². The Labute approximate surface area is 87.2 Å². The third-order valence-corrected chi connectivity index (χ3v) is 1.89. The standard InChI is InChI=1S/C13H20O/c1-11(2)7-5-8-12(3)9-6-10-13(4)14/h6,9-10H,1,5,7-8H2,2-4H3. The van der Waals surface area contributed by atoms with E-state index < -0.39 is 0 Å². The monoisotopic (exact) mass is 192 g/mol. The van der Waals surface area contributed by atoms with Gasteiger partial charge in [0.05, 0.1) is 0 Å². The number of ketones is 1. The van der Waals surface area contributed by atoms with E-state index in [-0.39, 0.29) is 5.78 Å². The molecule has 0 spiro atoms. The molecule has 0 saturated heterocycles. The van der Waals surface area contributed by atoms with Crippen molar-refractivity contribution in [3.05, 3.63) is 36.0 Å². The van der Waals surface area contributed by atoms with Gasteiger partial charge in [-0.25, -0.2) is 0 Å². The molecule has 0 saturated carbocycles. The summed E-state index contributed by atoms with van der Waals surface area (Å²) in [4.78, 5) is 10.6. The number of rotatable bonds is 6. The van der Waals surface area contributed by atoms with Crippen molar-refractivity contribution < 1.29 is 4.79 Å². The van der Waals surface area contributed by atoms with Gasteiger partial charge in [-0.15, -0.1) is 6.58 Å². The maximum atomic E-state index is 10.6. The molecule has 0 aliphatic heterocycles. The van der Waals surface area contributed by atoms with Gasteiger partial charge in [-0.3, -0.25) is 4.79 Å². The molecule has 0 rings (SSSR count). The van der Waals surface area contributed by atoms with Crippen LogP contribution in [-0.4, -0.2) is 5.78 Å². The van der Waals surface area contributed by atoms with Gasteiger partial charge in [-0.1, -0.05) is 23.3 Å². The first-order valence-corrected chi connectivity index (χ1v) is 5.01. The first-order valence-electron chi connectivity index (χ1n) is 5.01. The molecule has 0 aromatic carbocycles. The normalized spacial score (nSPS) is 12.1. The van der Waals surface area contributed by atoms with Gasteiger partial charge in [-0.05, 0) is 46.1 Å². The number of allylic oxidation sites excluding steroid dienone is 5. The van der Waals surface area contributed by atoms with E-state index in [0.717, 1.165) is 19.3 Å². The van der Waals surface area contributed by atoms with Crippen LogP contribution in [0.3, 0.4) is 0 Å². The SMILES string of the molecule is C=C(C)CCCC(C)=CC=CC(C)=O. The summed E-state index contributed by atoms with van der Waals surface area (Å²) >= 11 is 0. The zero-order valence-corrected chi connectivity index (χ0v) is 9.47. The van der Waals surface area contributed by atoms with Crippen LogP contribution < -0.4 is 0 Å². The first kappa shape index (κ1) is 12.9. The van der Waals surface area contributed by atoms with Crippen LogP contribution in [0.15, 0.2) is 36.0 Å². The Hall–Kier alpha value is -1.11. The molecule has 0 atom stereocenters. The third-order valence-electron chi connectivity index (χ3n) is 1.89. The third kappa shape index (κ3) is 8.98. The summed E-state index contributed by atoms with van der Waals surface area (Å²) in [5.74, 6) is 0.0935. The molecule has 0 unspecified atom stereocenters. The summed E-state index contributed by atoms with van der Waals surface area (Å²) in [5.41, 5.74) is 2.54. The van der Waals surface area contributed by atoms with Crippen molar-refractivity contribution >= 4 is 5.78 Å². The predicted octanol–water partition coefficient (Wildman–Crippen LogP) is 3.82. The number of carbonyl (C=O) groups excluding carboxylic acids is 1. The highest BCUT2D eigenvalue weighted by Crippen LogP contribution is 2.10. The van der Waals surface area contributed by atoms with Crippen molar-refractivity contribution in [3.8, 4) is 0 Å². The van der Waals surface area contributed by atoms with Gasteiger partial charge >= 0.3 is 0 Å². The van der Waals surface area contributed by atoms with E-state index in [2.05, 4.69) is 20.4 Å². The van der Waals surface area contributed by atoms with Crippen LogP contribution in [0.2, 0.25) is 0 Å². The Kier molecular flexibility index (Phi) is 6.73. The Bertz CT molecular complexity index is 256. The molecule has 78 valence electrons. The van der Waals surface area contributed by atoms with Crippen molar-refractivity contribution in [3.63, 3.8) is 0 Å². The summed E-state index contributed by atoms with van der Waals surface area (Å²) in [6, 6.07) is 0. The van der Waals surface area contributed by atoms with Gasteiger partial charge in [0, 0.05) is 0 Å². The number of hydrogen-bond acceptors (Lipinski definition) is 1. The van der Waals surface area contributed by atoms with Crippen LogP contribution in [0.5, 0.6) is 0 Å².